The molecule has 0 aliphatic carbocycles. The molecule has 0 radical (unpaired) electrons. The van der Waals surface area contributed by atoms with Gasteiger partial charge in [-0.3, -0.25) is 4.98 Å². The Hall–Kier alpha value is -2.95. The molecule has 0 fully saturated rings. The second kappa shape index (κ2) is 6.87. The van der Waals surface area contributed by atoms with Crippen LogP contribution in [0.15, 0.2) is 59.7 Å². The van der Waals surface area contributed by atoms with Crippen LogP contribution >= 0.6 is 0 Å². The van der Waals surface area contributed by atoms with E-state index in [1.165, 1.54) is 0 Å². The van der Waals surface area contributed by atoms with E-state index in [2.05, 4.69) is 10.3 Å². The van der Waals surface area contributed by atoms with Crippen LogP contribution in [-0.2, 0) is 6.54 Å². The summed E-state index contributed by atoms with van der Waals surface area (Å²) >= 11 is 0. The number of aromatic nitrogens is 1. The van der Waals surface area contributed by atoms with Gasteiger partial charge in [0.15, 0.2) is 11.5 Å². The molecule has 0 saturated heterocycles. The minimum atomic E-state index is 0.688. The molecule has 0 amide bonds. The van der Waals surface area contributed by atoms with E-state index < -0.39 is 0 Å². The molecule has 1 N–H and O–H groups in total. The molecule has 3 rings (SSSR count). The van der Waals surface area contributed by atoms with Gasteiger partial charge < -0.3 is 19.2 Å². The van der Waals surface area contributed by atoms with Crippen molar-refractivity contribution in [2.45, 2.75) is 6.54 Å². The molecule has 5 heteroatoms. The topological polar surface area (TPSA) is 56.5 Å². The van der Waals surface area contributed by atoms with E-state index in [9.17, 15) is 0 Å². The van der Waals surface area contributed by atoms with Crippen LogP contribution in [0.2, 0.25) is 0 Å². The van der Waals surface area contributed by atoms with Crippen molar-refractivity contribution in [1.82, 2.24) is 4.98 Å². The first-order chi connectivity index (χ1) is 11.3. The summed E-state index contributed by atoms with van der Waals surface area (Å²) in [6, 6.07) is 9.79. The average molecular weight is 310 g/mol. The highest BCUT2D eigenvalue weighted by Crippen LogP contribution is 2.32. The smallest absolute Gasteiger partial charge is 0.161 e. The molecule has 5 nitrogen and oxygen atoms in total. The summed E-state index contributed by atoms with van der Waals surface area (Å²) in [5.41, 5.74) is 4.05. The summed E-state index contributed by atoms with van der Waals surface area (Å²) in [5.74, 6) is 1.40. The fourth-order valence-electron chi connectivity index (χ4n) is 2.31. The average Bonchev–Trinajstić information content (AvgIpc) is 3.13. The SMILES string of the molecule is COc1ccc(-c2cncc(NCc3ccoc3)c2)cc1OC. The summed E-state index contributed by atoms with van der Waals surface area (Å²) in [6.45, 7) is 0.688. The van der Waals surface area contributed by atoms with E-state index >= 15 is 0 Å². The van der Waals surface area contributed by atoms with Crippen molar-refractivity contribution in [3.63, 3.8) is 0 Å². The molecule has 23 heavy (non-hydrogen) atoms. The number of rotatable bonds is 6. The van der Waals surface area contributed by atoms with E-state index in [4.69, 9.17) is 13.9 Å². The maximum atomic E-state index is 5.35. The first kappa shape index (κ1) is 15.0. The predicted molar refractivity (Wildman–Crippen MR) is 88.8 cm³/mol. The molecule has 0 aliphatic heterocycles. The molecule has 3 aromatic rings. The number of nitrogens with zero attached hydrogens (tertiary/aromatic N) is 1. The fraction of sp³-hybridized carbons (Fsp3) is 0.167. The number of anilines is 1. The van der Waals surface area contributed by atoms with E-state index in [1.807, 2.05) is 36.5 Å². The largest absolute Gasteiger partial charge is 0.493 e. The van der Waals surface area contributed by atoms with Crippen molar-refractivity contribution < 1.29 is 13.9 Å². The number of ether oxygens (including phenoxy) is 2. The Morgan fingerprint density at radius 2 is 1.87 bits per heavy atom. The van der Waals surface area contributed by atoms with Gasteiger partial charge in [-0.2, -0.15) is 0 Å². The van der Waals surface area contributed by atoms with Crippen molar-refractivity contribution in [3.05, 3.63) is 60.8 Å². The first-order valence-electron chi connectivity index (χ1n) is 7.22. The van der Waals surface area contributed by atoms with Crippen molar-refractivity contribution >= 4 is 5.69 Å². The van der Waals surface area contributed by atoms with E-state index in [0.29, 0.717) is 18.0 Å². The van der Waals surface area contributed by atoms with Crippen LogP contribution in [0, 0.1) is 0 Å². The van der Waals surface area contributed by atoms with Crippen molar-refractivity contribution in [3.8, 4) is 22.6 Å². The lowest BCUT2D eigenvalue weighted by Gasteiger charge is -2.11. The van der Waals surface area contributed by atoms with Gasteiger partial charge in [-0.25, -0.2) is 0 Å². The number of hydrogen-bond acceptors (Lipinski definition) is 5. The highest BCUT2D eigenvalue weighted by molar-refractivity contribution is 5.69. The summed E-state index contributed by atoms with van der Waals surface area (Å²) in [7, 11) is 3.25. The highest BCUT2D eigenvalue weighted by Gasteiger charge is 2.07. The number of pyridine rings is 1. The van der Waals surface area contributed by atoms with Crippen LogP contribution < -0.4 is 14.8 Å². The molecule has 0 saturated carbocycles. The Bertz CT molecular complexity index is 770. The zero-order valence-electron chi connectivity index (χ0n) is 13.1. The predicted octanol–water partition coefficient (Wildman–Crippen LogP) is 3.97. The second-order valence-corrected chi connectivity index (χ2v) is 5.02. The molecular weight excluding hydrogens is 292 g/mol. The number of furan rings is 1. The monoisotopic (exact) mass is 310 g/mol. The van der Waals surface area contributed by atoms with E-state index in [0.717, 1.165) is 22.4 Å². The lowest BCUT2D eigenvalue weighted by Crippen LogP contribution is -1.98. The number of hydrogen-bond donors (Lipinski definition) is 1. The zero-order valence-corrected chi connectivity index (χ0v) is 13.1. The molecule has 0 atom stereocenters. The minimum Gasteiger partial charge on any atom is -0.493 e. The van der Waals surface area contributed by atoms with E-state index in [-0.39, 0.29) is 0 Å². The quantitative estimate of drug-likeness (QED) is 0.746. The lowest BCUT2D eigenvalue weighted by molar-refractivity contribution is 0.355. The normalized spacial score (nSPS) is 10.3. The maximum Gasteiger partial charge on any atom is 0.161 e. The van der Waals surface area contributed by atoms with Crippen LogP contribution in [0.4, 0.5) is 5.69 Å². The summed E-state index contributed by atoms with van der Waals surface area (Å²) < 4.78 is 15.7. The third kappa shape index (κ3) is 3.45. The van der Waals surface area contributed by atoms with E-state index in [1.54, 1.807) is 32.9 Å². The molecule has 0 aliphatic rings. The lowest BCUT2D eigenvalue weighted by atomic mass is 10.1. The van der Waals surface area contributed by atoms with Crippen LogP contribution in [0.25, 0.3) is 11.1 Å². The Kier molecular flexibility index (Phi) is 4.47. The molecular formula is C18H18N2O3. The van der Waals surface area contributed by atoms with Gasteiger partial charge in [0.1, 0.15) is 0 Å². The van der Waals surface area contributed by atoms with Gasteiger partial charge in [-0.05, 0) is 29.8 Å². The molecule has 118 valence electrons. The Labute approximate surface area is 134 Å². The Balaban J connectivity index is 1.81. The van der Waals surface area contributed by atoms with Crippen LogP contribution in [0.3, 0.4) is 0 Å². The second-order valence-electron chi connectivity index (χ2n) is 5.02. The van der Waals surface area contributed by atoms with Gasteiger partial charge in [-0.15, -0.1) is 0 Å². The first-order valence-corrected chi connectivity index (χ1v) is 7.22. The molecule has 0 unspecified atom stereocenters. The van der Waals surface area contributed by atoms with Gasteiger partial charge in [-0.1, -0.05) is 6.07 Å². The molecule has 2 aromatic heterocycles. The fourth-order valence-corrected chi connectivity index (χ4v) is 2.31. The van der Waals surface area contributed by atoms with Gasteiger partial charge in [0.2, 0.25) is 0 Å². The van der Waals surface area contributed by atoms with Crippen molar-refractivity contribution in [1.29, 1.82) is 0 Å². The number of methoxy groups -OCH3 is 2. The highest BCUT2D eigenvalue weighted by atomic mass is 16.5. The number of benzene rings is 1. The van der Waals surface area contributed by atoms with Crippen LogP contribution in [-0.4, -0.2) is 19.2 Å². The van der Waals surface area contributed by atoms with Gasteiger partial charge in [0.25, 0.3) is 0 Å². The standard InChI is InChI=1S/C18H18N2O3/c1-21-17-4-3-14(8-18(17)22-2)15-7-16(11-19-10-15)20-9-13-5-6-23-12-13/h3-8,10-12,20H,9H2,1-2H3. The summed E-state index contributed by atoms with van der Waals surface area (Å²) in [5, 5.41) is 3.33. The molecule has 0 bridgehead atoms. The maximum absolute atomic E-state index is 5.35. The van der Waals surface area contributed by atoms with Gasteiger partial charge in [0.05, 0.1) is 32.4 Å². The summed E-state index contributed by atoms with van der Waals surface area (Å²) in [6.07, 6.45) is 7.00. The van der Waals surface area contributed by atoms with Gasteiger partial charge >= 0.3 is 0 Å². The molecule has 0 spiro atoms. The molecule has 2 heterocycles. The Morgan fingerprint density at radius 1 is 1.00 bits per heavy atom. The third-order valence-corrected chi connectivity index (χ3v) is 3.53. The summed E-state index contributed by atoms with van der Waals surface area (Å²) in [4.78, 5) is 4.30. The van der Waals surface area contributed by atoms with Crippen molar-refractivity contribution in [2.24, 2.45) is 0 Å². The third-order valence-electron chi connectivity index (χ3n) is 3.53. The van der Waals surface area contributed by atoms with Crippen LogP contribution in [0.5, 0.6) is 11.5 Å². The number of nitrogens with one attached hydrogen (secondary N) is 1. The van der Waals surface area contributed by atoms with Crippen LogP contribution in [0.1, 0.15) is 5.56 Å². The zero-order chi connectivity index (χ0) is 16.1. The minimum absolute atomic E-state index is 0.688. The van der Waals surface area contributed by atoms with Gasteiger partial charge in [0, 0.05) is 30.1 Å². The Morgan fingerprint density at radius 3 is 2.61 bits per heavy atom. The molecule has 1 aromatic carbocycles. The van der Waals surface area contributed by atoms with Crippen molar-refractivity contribution in [2.75, 3.05) is 19.5 Å².